The van der Waals surface area contributed by atoms with Gasteiger partial charge in [-0.15, -0.1) is 0 Å². The molecule has 0 unspecified atom stereocenters. The van der Waals surface area contributed by atoms with Gasteiger partial charge >= 0.3 is 0 Å². The van der Waals surface area contributed by atoms with Gasteiger partial charge in [0.05, 0.1) is 6.20 Å². The minimum Gasteiger partial charge on any atom is -0.446 e. The summed E-state index contributed by atoms with van der Waals surface area (Å²) in [6, 6.07) is 0. The quantitative estimate of drug-likeness (QED) is 0.583. The topological polar surface area (TPSA) is 46.3 Å². The lowest BCUT2D eigenvalue weighted by molar-refractivity contribution is 0.163. The third kappa shape index (κ3) is 0.869. The fraction of sp³-hybridized carbons (Fsp3) is 0.400. The predicted molar refractivity (Wildman–Crippen MR) is 27.1 cm³/mol. The first kappa shape index (κ1) is 5.31. The molecule has 0 radical (unpaired) electrons. The average Bonchev–Trinajstić information content (AvgIpc) is 2.12. The molecular weight excluding hydrogens is 106 g/mol. The highest BCUT2D eigenvalue weighted by molar-refractivity contribution is 4.82. The van der Waals surface area contributed by atoms with Crippen molar-refractivity contribution < 1.29 is 9.52 Å². The van der Waals surface area contributed by atoms with Crippen LogP contribution in [0.1, 0.15) is 18.9 Å². The summed E-state index contributed by atoms with van der Waals surface area (Å²) in [6.45, 7) is 1.60. The summed E-state index contributed by atoms with van der Waals surface area (Å²) in [5.74, 6) is 0.366. The maximum absolute atomic E-state index is 8.76. The van der Waals surface area contributed by atoms with E-state index in [2.05, 4.69) is 4.98 Å². The van der Waals surface area contributed by atoms with Crippen LogP contribution in [0.5, 0.6) is 0 Å². The van der Waals surface area contributed by atoms with E-state index >= 15 is 0 Å². The number of aromatic nitrogens is 1. The molecule has 44 valence electrons. The largest absolute Gasteiger partial charge is 0.446 e. The monoisotopic (exact) mass is 113 g/mol. The van der Waals surface area contributed by atoms with Crippen molar-refractivity contribution in [2.75, 3.05) is 0 Å². The summed E-state index contributed by atoms with van der Waals surface area (Å²) in [7, 11) is 0. The van der Waals surface area contributed by atoms with Crippen LogP contribution in [-0.2, 0) is 0 Å². The molecule has 1 aromatic rings. The molecule has 0 spiro atoms. The molecule has 1 atom stereocenters. The van der Waals surface area contributed by atoms with Crippen molar-refractivity contribution in [1.82, 2.24) is 4.98 Å². The molecule has 3 nitrogen and oxygen atoms in total. The average molecular weight is 113 g/mol. The van der Waals surface area contributed by atoms with Gasteiger partial charge in [-0.2, -0.15) is 0 Å². The standard InChI is InChI=1S/C5H7NO2/c1-4(7)5-6-2-3-8-5/h2-4,7H,1H3/t4-/m0/s1. The lowest BCUT2D eigenvalue weighted by Gasteiger charge is -1.92. The summed E-state index contributed by atoms with van der Waals surface area (Å²) in [5.41, 5.74) is 0. The van der Waals surface area contributed by atoms with Gasteiger partial charge in [0.15, 0.2) is 0 Å². The lowest BCUT2D eigenvalue weighted by atomic mass is 10.4. The summed E-state index contributed by atoms with van der Waals surface area (Å²) in [4.78, 5) is 3.70. The second-order valence-corrected chi connectivity index (χ2v) is 1.55. The van der Waals surface area contributed by atoms with Crippen LogP contribution in [0.2, 0.25) is 0 Å². The Balaban J connectivity index is 2.77. The number of hydrogen-bond acceptors (Lipinski definition) is 3. The highest BCUT2D eigenvalue weighted by Crippen LogP contribution is 2.06. The van der Waals surface area contributed by atoms with Gasteiger partial charge in [0.2, 0.25) is 5.89 Å². The Hall–Kier alpha value is -0.830. The minimum absolute atomic E-state index is 0.366. The van der Waals surface area contributed by atoms with Gasteiger partial charge in [0.1, 0.15) is 12.4 Å². The second-order valence-electron chi connectivity index (χ2n) is 1.55. The summed E-state index contributed by atoms with van der Waals surface area (Å²) in [6.07, 6.45) is 2.34. The number of aliphatic hydroxyl groups excluding tert-OH is 1. The van der Waals surface area contributed by atoms with Crippen LogP contribution in [0.3, 0.4) is 0 Å². The Morgan fingerprint density at radius 2 is 2.62 bits per heavy atom. The zero-order valence-electron chi connectivity index (χ0n) is 4.53. The van der Waals surface area contributed by atoms with Crippen LogP contribution in [0.4, 0.5) is 0 Å². The predicted octanol–water partition coefficient (Wildman–Crippen LogP) is 0.728. The summed E-state index contributed by atoms with van der Waals surface area (Å²) >= 11 is 0. The van der Waals surface area contributed by atoms with E-state index < -0.39 is 6.10 Å². The highest BCUT2D eigenvalue weighted by atomic mass is 16.4. The van der Waals surface area contributed by atoms with Crippen LogP contribution in [0.15, 0.2) is 16.9 Å². The van der Waals surface area contributed by atoms with Crippen molar-refractivity contribution >= 4 is 0 Å². The fourth-order valence-electron chi connectivity index (χ4n) is 0.441. The maximum Gasteiger partial charge on any atom is 0.222 e. The molecule has 0 aromatic carbocycles. The van der Waals surface area contributed by atoms with Gasteiger partial charge in [-0.25, -0.2) is 4.98 Å². The van der Waals surface area contributed by atoms with Crippen LogP contribution in [-0.4, -0.2) is 10.1 Å². The van der Waals surface area contributed by atoms with E-state index in [1.54, 1.807) is 6.92 Å². The van der Waals surface area contributed by atoms with Crippen molar-refractivity contribution in [2.45, 2.75) is 13.0 Å². The Bertz CT molecular complexity index is 145. The number of hydrogen-bond donors (Lipinski definition) is 1. The molecule has 1 N–H and O–H groups in total. The molecule has 0 saturated heterocycles. The number of nitrogens with zero attached hydrogens (tertiary/aromatic N) is 1. The van der Waals surface area contributed by atoms with Gasteiger partial charge in [-0.3, -0.25) is 0 Å². The summed E-state index contributed by atoms with van der Waals surface area (Å²) in [5, 5.41) is 8.76. The first-order valence-electron chi connectivity index (χ1n) is 2.38. The van der Waals surface area contributed by atoms with E-state index in [0.717, 1.165) is 0 Å². The van der Waals surface area contributed by atoms with Crippen LogP contribution in [0, 0.1) is 0 Å². The van der Waals surface area contributed by atoms with Crippen molar-refractivity contribution in [2.24, 2.45) is 0 Å². The second kappa shape index (κ2) is 1.96. The smallest absolute Gasteiger partial charge is 0.222 e. The van der Waals surface area contributed by atoms with Gasteiger partial charge in [-0.05, 0) is 6.92 Å². The van der Waals surface area contributed by atoms with Gasteiger partial charge < -0.3 is 9.52 Å². The Kier molecular flexibility index (Phi) is 1.30. The Morgan fingerprint density at radius 1 is 1.88 bits per heavy atom. The molecule has 1 rings (SSSR count). The molecule has 1 aromatic heterocycles. The molecule has 3 heteroatoms. The third-order valence-corrected chi connectivity index (χ3v) is 0.809. The van der Waals surface area contributed by atoms with Gasteiger partial charge in [-0.1, -0.05) is 0 Å². The van der Waals surface area contributed by atoms with E-state index in [9.17, 15) is 0 Å². The number of oxazole rings is 1. The molecule has 0 bridgehead atoms. The van der Waals surface area contributed by atoms with E-state index in [0.29, 0.717) is 5.89 Å². The first-order chi connectivity index (χ1) is 3.80. The molecule has 0 aliphatic carbocycles. The zero-order valence-corrected chi connectivity index (χ0v) is 4.53. The Morgan fingerprint density at radius 3 is 2.88 bits per heavy atom. The van der Waals surface area contributed by atoms with Crippen molar-refractivity contribution in [3.8, 4) is 0 Å². The highest BCUT2D eigenvalue weighted by Gasteiger charge is 2.02. The fourth-order valence-corrected chi connectivity index (χ4v) is 0.441. The molecule has 0 amide bonds. The van der Waals surface area contributed by atoms with Gasteiger partial charge in [0, 0.05) is 0 Å². The summed E-state index contributed by atoms with van der Waals surface area (Å²) < 4.78 is 4.73. The molecule has 1 heterocycles. The van der Waals surface area contributed by atoms with E-state index in [1.807, 2.05) is 0 Å². The number of rotatable bonds is 1. The van der Waals surface area contributed by atoms with E-state index in [4.69, 9.17) is 9.52 Å². The molecular formula is C5H7NO2. The Labute approximate surface area is 47.0 Å². The van der Waals surface area contributed by atoms with E-state index in [1.165, 1.54) is 12.5 Å². The zero-order chi connectivity index (χ0) is 5.98. The molecule has 0 fully saturated rings. The van der Waals surface area contributed by atoms with Gasteiger partial charge in [0.25, 0.3) is 0 Å². The maximum atomic E-state index is 8.76. The molecule has 0 aliphatic rings. The minimum atomic E-state index is -0.593. The van der Waals surface area contributed by atoms with Crippen molar-refractivity contribution in [3.05, 3.63) is 18.4 Å². The molecule has 0 saturated carbocycles. The lowest BCUT2D eigenvalue weighted by Crippen LogP contribution is -1.88. The normalized spacial score (nSPS) is 13.8. The van der Waals surface area contributed by atoms with Crippen LogP contribution >= 0.6 is 0 Å². The van der Waals surface area contributed by atoms with Crippen molar-refractivity contribution in [3.63, 3.8) is 0 Å². The molecule has 8 heavy (non-hydrogen) atoms. The van der Waals surface area contributed by atoms with Crippen molar-refractivity contribution in [1.29, 1.82) is 0 Å². The third-order valence-electron chi connectivity index (χ3n) is 0.809. The van der Waals surface area contributed by atoms with Crippen LogP contribution in [0.25, 0.3) is 0 Å². The molecule has 0 aliphatic heterocycles. The first-order valence-corrected chi connectivity index (χ1v) is 2.38. The van der Waals surface area contributed by atoms with E-state index in [-0.39, 0.29) is 0 Å². The SMILES string of the molecule is C[C@H](O)c1ncco1. The van der Waals surface area contributed by atoms with Crippen LogP contribution < -0.4 is 0 Å². The number of aliphatic hydroxyl groups is 1.